The minimum Gasteiger partial charge on any atom is -0.496 e. The average Bonchev–Trinajstić information content (AvgIpc) is 2.55. The van der Waals surface area contributed by atoms with Crippen LogP contribution in [0.4, 0.5) is 0 Å². The number of hydrogen-bond donors (Lipinski definition) is 1. The third kappa shape index (κ3) is 5.25. The topological polar surface area (TPSA) is 59.9 Å². The van der Waals surface area contributed by atoms with Crippen molar-refractivity contribution >= 4 is 39.7 Å². The number of carbonyl (C=O) groups is 1. The lowest BCUT2D eigenvalue weighted by atomic mass is 10.2. The van der Waals surface area contributed by atoms with Crippen LogP contribution in [0.1, 0.15) is 12.5 Å². The van der Waals surface area contributed by atoms with Gasteiger partial charge in [-0.05, 0) is 43.3 Å². The van der Waals surface area contributed by atoms with Crippen LogP contribution in [0, 0.1) is 0 Å². The van der Waals surface area contributed by atoms with E-state index < -0.39 is 6.10 Å². The predicted octanol–water partition coefficient (Wildman–Crippen LogP) is 4.03. The molecular weight excluding hydrogens is 396 g/mol. The van der Waals surface area contributed by atoms with Crippen molar-refractivity contribution in [2.24, 2.45) is 5.10 Å². The van der Waals surface area contributed by atoms with Crippen LogP contribution in [-0.2, 0) is 4.79 Å². The van der Waals surface area contributed by atoms with Crippen LogP contribution >= 0.6 is 27.5 Å². The maximum absolute atomic E-state index is 12.0. The zero-order valence-corrected chi connectivity index (χ0v) is 15.5. The van der Waals surface area contributed by atoms with Gasteiger partial charge in [0.1, 0.15) is 11.5 Å². The molecule has 0 saturated heterocycles. The molecule has 1 amide bonds. The van der Waals surface area contributed by atoms with Crippen LogP contribution in [0.25, 0.3) is 0 Å². The Morgan fingerprint density at radius 3 is 2.83 bits per heavy atom. The lowest BCUT2D eigenvalue weighted by Gasteiger charge is -2.13. The molecule has 0 saturated carbocycles. The molecule has 0 heterocycles. The summed E-state index contributed by atoms with van der Waals surface area (Å²) in [5.41, 5.74) is 3.17. The second-order valence-electron chi connectivity index (χ2n) is 4.84. The van der Waals surface area contributed by atoms with Crippen molar-refractivity contribution in [2.45, 2.75) is 13.0 Å². The molecule has 2 aromatic rings. The number of nitrogens with zero attached hydrogens (tertiary/aromatic N) is 1. The first-order valence-corrected chi connectivity index (χ1v) is 8.25. The smallest absolute Gasteiger partial charge is 0.280 e. The molecule has 0 fully saturated rings. The Hall–Kier alpha value is -2.05. The van der Waals surface area contributed by atoms with Crippen LogP contribution in [0.5, 0.6) is 11.5 Å². The molecule has 1 N–H and O–H groups in total. The van der Waals surface area contributed by atoms with Gasteiger partial charge in [-0.1, -0.05) is 33.6 Å². The number of amides is 1. The lowest BCUT2D eigenvalue weighted by Crippen LogP contribution is -2.33. The van der Waals surface area contributed by atoms with Gasteiger partial charge in [-0.2, -0.15) is 5.10 Å². The van der Waals surface area contributed by atoms with Gasteiger partial charge in [0.15, 0.2) is 6.10 Å². The fraction of sp³-hybridized carbons (Fsp3) is 0.176. The molecule has 24 heavy (non-hydrogen) atoms. The number of benzene rings is 2. The molecule has 1 unspecified atom stereocenters. The number of halogens is 2. The van der Waals surface area contributed by atoms with Gasteiger partial charge >= 0.3 is 0 Å². The molecule has 5 nitrogen and oxygen atoms in total. The summed E-state index contributed by atoms with van der Waals surface area (Å²) in [7, 11) is 1.57. The molecule has 0 spiro atoms. The number of rotatable bonds is 6. The summed E-state index contributed by atoms with van der Waals surface area (Å²) in [4.78, 5) is 12.0. The van der Waals surface area contributed by atoms with Gasteiger partial charge in [-0.3, -0.25) is 4.79 Å². The standard InChI is InChI=1S/C17H16BrClN2O3/c1-11(24-15-5-3-4-14(19)9-15)17(22)21-20-10-12-8-13(18)6-7-16(12)23-2/h3-11H,1-2H3,(H,21,22). The summed E-state index contributed by atoms with van der Waals surface area (Å²) < 4.78 is 11.6. The van der Waals surface area contributed by atoms with Gasteiger partial charge in [0, 0.05) is 15.1 Å². The first-order valence-electron chi connectivity index (χ1n) is 7.08. The fourth-order valence-electron chi connectivity index (χ4n) is 1.86. The third-order valence-corrected chi connectivity index (χ3v) is 3.78. The molecule has 2 aromatic carbocycles. The molecule has 7 heteroatoms. The van der Waals surface area contributed by atoms with Crippen molar-refractivity contribution < 1.29 is 14.3 Å². The highest BCUT2D eigenvalue weighted by molar-refractivity contribution is 9.10. The van der Waals surface area contributed by atoms with Crippen LogP contribution in [0.3, 0.4) is 0 Å². The van der Waals surface area contributed by atoms with Gasteiger partial charge in [0.25, 0.3) is 5.91 Å². The highest BCUT2D eigenvalue weighted by atomic mass is 79.9. The van der Waals surface area contributed by atoms with Crippen LogP contribution < -0.4 is 14.9 Å². The van der Waals surface area contributed by atoms with Crippen molar-refractivity contribution in [2.75, 3.05) is 7.11 Å². The maximum Gasteiger partial charge on any atom is 0.280 e. The monoisotopic (exact) mass is 410 g/mol. The van der Waals surface area contributed by atoms with Crippen LogP contribution in [0.15, 0.2) is 52.0 Å². The highest BCUT2D eigenvalue weighted by Crippen LogP contribution is 2.21. The third-order valence-electron chi connectivity index (χ3n) is 3.05. The first kappa shape index (κ1) is 18.3. The minimum atomic E-state index is -0.718. The number of ether oxygens (including phenoxy) is 2. The SMILES string of the molecule is COc1ccc(Br)cc1C=NNC(=O)C(C)Oc1cccc(Cl)c1. The predicted molar refractivity (Wildman–Crippen MR) is 98.0 cm³/mol. The van der Waals surface area contributed by atoms with Crippen molar-refractivity contribution in [3.05, 3.63) is 57.5 Å². The van der Waals surface area contributed by atoms with E-state index in [2.05, 4.69) is 26.5 Å². The van der Waals surface area contributed by atoms with E-state index in [1.165, 1.54) is 6.21 Å². The molecule has 0 aliphatic heterocycles. The zero-order chi connectivity index (χ0) is 17.5. The number of hydrogen-bond acceptors (Lipinski definition) is 4. The second-order valence-corrected chi connectivity index (χ2v) is 6.19. The Labute approximate surface area is 153 Å². The molecule has 126 valence electrons. The van der Waals surface area contributed by atoms with E-state index in [0.717, 1.165) is 10.0 Å². The number of nitrogens with one attached hydrogen (secondary N) is 1. The lowest BCUT2D eigenvalue weighted by molar-refractivity contribution is -0.127. The Kier molecular flexibility index (Phi) is 6.63. The van der Waals surface area contributed by atoms with Crippen molar-refractivity contribution in [3.8, 4) is 11.5 Å². The Bertz CT molecular complexity index is 752. The van der Waals surface area contributed by atoms with Gasteiger partial charge < -0.3 is 9.47 Å². The number of methoxy groups -OCH3 is 1. The largest absolute Gasteiger partial charge is 0.496 e. The average molecular weight is 412 g/mol. The van der Waals surface area contributed by atoms with Crippen LogP contribution in [0.2, 0.25) is 5.02 Å². The van der Waals surface area contributed by atoms with E-state index in [1.54, 1.807) is 44.4 Å². The summed E-state index contributed by atoms with van der Waals surface area (Å²) in [6, 6.07) is 12.3. The zero-order valence-electron chi connectivity index (χ0n) is 13.1. The Morgan fingerprint density at radius 1 is 1.33 bits per heavy atom. The van der Waals surface area contributed by atoms with Crippen molar-refractivity contribution in [1.29, 1.82) is 0 Å². The molecule has 1 atom stereocenters. The molecule has 0 bridgehead atoms. The quantitative estimate of drug-likeness (QED) is 0.577. The second kappa shape index (κ2) is 8.70. The van der Waals surface area contributed by atoms with Crippen molar-refractivity contribution in [3.63, 3.8) is 0 Å². The summed E-state index contributed by atoms with van der Waals surface area (Å²) in [6.45, 7) is 1.63. The summed E-state index contributed by atoms with van der Waals surface area (Å²) >= 11 is 9.26. The van der Waals surface area contributed by atoms with E-state index in [9.17, 15) is 4.79 Å². The first-order chi connectivity index (χ1) is 11.5. The summed E-state index contributed by atoms with van der Waals surface area (Å²) in [6.07, 6.45) is 0.790. The maximum atomic E-state index is 12.0. The van der Waals surface area contributed by atoms with Crippen molar-refractivity contribution in [1.82, 2.24) is 5.43 Å². The summed E-state index contributed by atoms with van der Waals surface area (Å²) in [5.74, 6) is 0.794. The van der Waals surface area contributed by atoms with E-state index in [1.807, 2.05) is 12.1 Å². The van der Waals surface area contributed by atoms with E-state index in [-0.39, 0.29) is 5.91 Å². The Morgan fingerprint density at radius 2 is 2.12 bits per heavy atom. The van der Waals surface area contributed by atoms with E-state index in [0.29, 0.717) is 16.5 Å². The van der Waals surface area contributed by atoms with Gasteiger partial charge in [0.2, 0.25) is 0 Å². The number of hydrazone groups is 1. The molecule has 0 radical (unpaired) electrons. The van der Waals surface area contributed by atoms with Crippen LogP contribution in [-0.4, -0.2) is 25.3 Å². The molecule has 0 aliphatic rings. The summed E-state index contributed by atoms with van der Waals surface area (Å²) in [5, 5.41) is 4.48. The van der Waals surface area contributed by atoms with E-state index in [4.69, 9.17) is 21.1 Å². The number of carbonyl (C=O) groups excluding carboxylic acids is 1. The molecular formula is C17H16BrClN2O3. The molecule has 0 aromatic heterocycles. The van der Waals surface area contributed by atoms with E-state index >= 15 is 0 Å². The van der Waals surface area contributed by atoms with Gasteiger partial charge in [0.05, 0.1) is 13.3 Å². The van der Waals surface area contributed by atoms with Gasteiger partial charge in [-0.15, -0.1) is 0 Å². The fourth-order valence-corrected chi connectivity index (χ4v) is 2.42. The Balaban J connectivity index is 1.96. The normalized spacial score (nSPS) is 12.0. The molecule has 0 aliphatic carbocycles. The highest BCUT2D eigenvalue weighted by Gasteiger charge is 2.14. The minimum absolute atomic E-state index is 0.375. The van der Waals surface area contributed by atoms with Gasteiger partial charge in [-0.25, -0.2) is 5.43 Å². The molecule has 2 rings (SSSR count).